The molecule has 0 saturated heterocycles. The summed E-state index contributed by atoms with van der Waals surface area (Å²) < 4.78 is 0. The second-order valence-electron chi connectivity index (χ2n) is 4.39. The van der Waals surface area contributed by atoms with E-state index in [0.717, 1.165) is 5.92 Å². The van der Waals surface area contributed by atoms with Crippen molar-refractivity contribution in [2.45, 2.75) is 32.2 Å². The molecule has 1 aromatic rings. The molecule has 86 valence electrons. The number of anilines is 1. The molecule has 5 nitrogen and oxygen atoms in total. The topological polar surface area (TPSA) is 80.9 Å². The van der Waals surface area contributed by atoms with Crippen molar-refractivity contribution in [3.63, 3.8) is 0 Å². The lowest BCUT2D eigenvalue weighted by molar-refractivity contribution is 0.0994. The van der Waals surface area contributed by atoms with E-state index in [1.165, 1.54) is 19.3 Å². The number of primary amides is 1. The molecule has 1 fully saturated rings. The molecule has 16 heavy (non-hydrogen) atoms. The molecule has 3 N–H and O–H groups in total. The molecule has 1 aliphatic rings. The summed E-state index contributed by atoms with van der Waals surface area (Å²) in [5.74, 6) is 1.02. The number of carbonyl (C=O) groups excluding carboxylic acids is 1. The van der Waals surface area contributed by atoms with Gasteiger partial charge in [-0.15, -0.1) is 10.2 Å². The van der Waals surface area contributed by atoms with Crippen molar-refractivity contribution in [2.75, 3.05) is 5.32 Å². The summed E-state index contributed by atoms with van der Waals surface area (Å²) >= 11 is 0. The summed E-state index contributed by atoms with van der Waals surface area (Å²) in [6.07, 6.45) is 3.86. The Kier molecular flexibility index (Phi) is 3.03. The maximum Gasteiger partial charge on any atom is 0.269 e. The highest BCUT2D eigenvalue weighted by molar-refractivity contribution is 5.90. The Balaban J connectivity index is 1.90. The molecule has 1 saturated carbocycles. The van der Waals surface area contributed by atoms with Crippen molar-refractivity contribution in [3.05, 3.63) is 17.8 Å². The zero-order chi connectivity index (χ0) is 11.5. The van der Waals surface area contributed by atoms with Crippen LogP contribution in [0.4, 0.5) is 5.82 Å². The van der Waals surface area contributed by atoms with Crippen LogP contribution in [-0.4, -0.2) is 22.1 Å². The molecule has 1 aromatic heterocycles. The number of rotatable bonds is 5. The van der Waals surface area contributed by atoms with Gasteiger partial charge in [-0.25, -0.2) is 0 Å². The number of amides is 1. The van der Waals surface area contributed by atoms with Gasteiger partial charge in [-0.05, 0) is 31.4 Å². The minimum atomic E-state index is -0.551. The minimum Gasteiger partial charge on any atom is -0.366 e. The first-order chi connectivity index (χ1) is 7.65. The van der Waals surface area contributed by atoms with E-state index in [2.05, 4.69) is 22.4 Å². The van der Waals surface area contributed by atoms with Gasteiger partial charge in [0.25, 0.3) is 5.91 Å². The zero-order valence-electron chi connectivity index (χ0n) is 9.31. The van der Waals surface area contributed by atoms with Crippen molar-refractivity contribution in [3.8, 4) is 0 Å². The van der Waals surface area contributed by atoms with Gasteiger partial charge in [0.15, 0.2) is 5.69 Å². The van der Waals surface area contributed by atoms with E-state index in [0.29, 0.717) is 11.9 Å². The van der Waals surface area contributed by atoms with Gasteiger partial charge in [0.2, 0.25) is 0 Å². The molecule has 0 aromatic carbocycles. The summed E-state index contributed by atoms with van der Waals surface area (Å²) in [6.45, 7) is 2.13. The highest BCUT2D eigenvalue weighted by atomic mass is 16.1. The fourth-order valence-electron chi connectivity index (χ4n) is 1.71. The van der Waals surface area contributed by atoms with E-state index in [4.69, 9.17) is 5.73 Å². The molecule has 0 radical (unpaired) electrons. The lowest BCUT2D eigenvalue weighted by Gasteiger charge is -2.13. The largest absolute Gasteiger partial charge is 0.366 e. The summed E-state index contributed by atoms with van der Waals surface area (Å²) in [7, 11) is 0. The van der Waals surface area contributed by atoms with Crippen LogP contribution >= 0.6 is 0 Å². The average Bonchev–Trinajstić information content (AvgIpc) is 3.02. The first-order valence-corrected chi connectivity index (χ1v) is 5.55. The monoisotopic (exact) mass is 220 g/mol. The van der Waals surface area contributed by atoms with E-state index < -0.39 is 5.91 Å². The van der Waals surface area contributed by atoms with Crippen molar-refractivity contribution < 1.29 is 4.79 Å². The van der Waals surface area contributed by atoms with Crippen LogP contribution in [0, 0.1) is 5.92 Å². The molecule has 1 aliphatic carbocycles. The van der Waals surface area contributed by atoms with Crippen LogP contribution in [0.2, 0.25) is 0 Å². The number of nitrogens with zero attached hydrogens (tertiary/aromatic N) is 2. The second kappa shape index (κ2) is 4.47. The van der Waals surface area contributed by atoms with Crippen molar-refractivity contribution >= 4 is 11.7 Å². The summed E-state index contributed by atoms with van der Waals surface area (Å²) in [5.41, 5.74) is 5.27. The first kappa shape index (κ1) is 10.9. The molecular weight excluding hydrogens is 204 g/mol. The molecule has 0 aliphatic heterocycles. The fraction of sp³-hybridized carbons (Fsp3) is 0.545. The van der Waals surface area contributed by atoms with Crippen LogP contribution in [0.3, 0.4) is 0 Å². The molecule has 2 rings (SSSR count). The van der Waals surface area contributed by atoms with E-state index in [1.54, 1.807) is 12.1 Å². The Morgan fingerprint density at radius 1 is 1.56 bits per heavy atom. The van der Waals surface area contributed by atoms with Gasteiger partial charge in [-0.3, -0.25) is 4.79 Å². The lowest BCUT2D eigenvalue weighted by atomic mass is 10.1. The molecule has 0 spiro atoms. The quantitative estimate of drug-likeness (QED) is 0.780. The number of hydrogen-bond donors (Lipinski definition) is 2. The predicted molar refractivity (Wildman–Crippen MR) is 61.0 cm³/mol. The summed E-state index contributed by atoms with van der Waals surface area (Å²) in [5, 5.41) is 10.9. The maximum atomic E-state index is 10.8. The number of nitrogens with two attached hydrogens (primary N) is 1. The molecule has 1 amide bonds. The molecular formula is C11H16N4O. The number of carbonyl (C=O) groups is 1. The van der Waals surface area contributed by atoms with E-state index in [9.17, 15) is 4.79 Å². The Labute approximate surface area is 94.4 Å². The highest BCUT2D eigenvalue weighted by Crippen LogP contribution is 2.33. The van der Waals surface area contributed by atoms with Gasteiger partial charge in [0.05, 0.1) is 0 Å². The lowest BCUT2D eigenvalue weighted by Crippen LogP contribution is -2.18. The van der Waals surface area contributed by atoms with Gasteiger partial charge in [-0.2, -0.15) is 0 Å². The third-order valence-electron chi connectivity index (χ3n) is 2.70. The molecule has 1 atom stereocenters. The predicted octanol–water partition coefficient (Wildman–Crippen LogP) is 1.18. The Morgan fingerprint density at radius 2 is 2.31 bits per heavy atom. The average molecular weight is 220 g/mol. The third-order valence-corrected chi connectivity index (χ3v) is 2.70. The zero-order valence-corrected chi connectivity index (χ0v) is 9.31. The molecule has 1 heterocycles. The maximum absolute atomic E-state index is 10.8. The van der Waals surface area contributed by atoms with E-state index in [1.807, 2.05) is 0 Å². The van der Waals surface area contributed by atoms with Crippen LogP contribution in [0.5, 0.6) is 0 Å². The summed E-state index contributed by atoms with van der Waals surface area (Å²) in [4.78, 5) is 10.8. The van der Waals surface area contributed by atoms with Crippen molar-refractivity contribution in [2.24, 2.45) is 11.7 Å². The van der Waals surface area contributed by atoms with Crippen LogP contribution in [0.15, 0.2) is 12.1 Å². The second-order valence-corrected chi connectivity index (χ2v) is 4.39. The smallest absolute Gasteiger partial charge is 0.269 e. The van der Waals surface area contributed by atoms with Gasteiger partial charge in [0, 0.05) is 6.04 Å². The van der Waals surface area contributed by atoms with Gasteiger partial charge < -0.3 is 11.1 Å². The number of aromatic nitrogens is 2. The molecule has 1 unspecified atom stereocenters. The van der Waals surface area contributed by atoms with Crippen LogP contribution in [0.1, 0.15) is 36.7 Å². The number of nitrogens with one attached hydrogen (secondary N) is 1. The van der Waals surface area contributed by atoms with Crippen molar-refractivity contribution in [1.82, 2.24) is 10.2 Å². The van der Waals surface area contributed by atoms with Gasteiger partial charge in [-0.1, -0.05) is 12.8 Å². The van der Waals surface area contributed by atoms with Crippen LogP contribution in [0.25, 0.3) is 0 Å². The molecule has 0 bridgehead atoms. The van der Waals surface area contributed by atoms with Crippen LogP contribution < -0.4 is 11.1 Å². The standard InChI is InChI=1S/C11H16N4O/c1-7(6-8-2-3-8)13-10-5-4-9(11(12)16)14-15-10/h4-5,7-8H,2-3,6H2,1H3,(H2,12,16)(H,13,15). The van der Waals surface area contributed by atoms with Crippen LogP contribution in [-0.2, 0) is 0 Å². The van der Waals surface area contributed by atoms with Crippen molar-refractivity contribution in [1.29, 1.82) is 0 Å². The third kappa shape index (κ3) is 2.92. The Bertz CT molecular complexity index is 372. The molecule has 5 heteroatoms. The van der Waals surface area contributed by atoms with Gasteiger partial charge >= 0.3 is 0 Å². The Hall–Kier alpha value is -1.65. The van der Waals surface area contributed by atoms with E-state index >= 15 is 0 Å². The minimum absolute atomic E-state index is 0.195. The summed E-state index contributed by atoms with van der Waals surface area (Å²) in [6, 6.07) is 3.71. The first-order valence-electron chi connectivity index (χ1n) is 5.55. The highest BCUT2D eigenvalue weighted by Gasteiger charge is 2.23. The normalized spacial score (nSPS) is 16.8. The number of hydrogen-bond acceptors (Lipinski definition) is 4. The van der Waals surface area contributed by atoms with Gasteiger partial charge in [0.1, 0.15) is 5.82 Å². The van der Waals surface area contributed by atoms with E-state index in [-0.39, 0.29) is 5.69 Å². The Morgan fingerprint density at radius 3 is 2.81 bits per heavy atom. The SMILES string of the molecule is CC(CC1CC1)Nc1ccc(C(N)=O)nn1. The fourth-order valence-corrected chi connectivity index (χ4v) is 1.71.